The first-order chi connectivity index (χ1) is 19.0. The molecule has 1 unspecified atom stereocenters. The van der Waals surface area contributed by atoms with Crippen LogP contribution in [0.25, 0.3) is 0 Å². The predicted octanol–water partition coefficient (Wildman–Crippen LogP) is 5.33. The number of hydrogen-bond acceptors (Lipinski definition) is 5. The van der Waals surface area contributed by atoms with E-state index in [-0.39, 0.29) is 18.3 Å². The zero-order chi connectivity index (χ0) is 27.2. The summed E-state index contributed by atoms with van der Waals surface area (Å²) >= 11 is 0. The van der Waals surface area contributed by atoms with E-state index < -0.39 is 12.1 Å². The molecule has 9 heteroatoms. The molecule has 1 saturated carbocycles. The minimum atomic E-state index is -0.898. The van der Waals surface area contributed by atoms with Crippen molar-refractivity contribution in [1.82, 2.24) is 15.1 Å². The summed E-state index contributed by atoms with van der Waals surface area (Å²) < 4.78 is 26.5. The Bertz CT molecular complexity index is 1300. The van der Waals surface area contributed by atoms with Crippen LogP contribution in [0.4, 0.5) is 14.9 Å². The molecule has 1 atom stereocenters. The lowest BCUT2D eigenvalue weighted by atomic mass is 9.86. The van der Waals surface area contributed by atoms with Gasteiger partial charge >= 0.3 is 6.03 Å². The number of likely N-dealkylation sites (N-methyl/N-ethyl adjacent to an activating group) is 1. The first-order valence-electron chi connectivity index (χ1n) is 13.7. The Morgan fingerprint density at radius 2 is 2.00 bits per heavy atom. The van der Waals surface area contributed by atoms with Gasteiger partial charge in [0.15, 0.2) is 0 Å². The number of nitrogens with zero attached hydrogens (tertiary/aromatic N) is 3. The summed E-state index contributed by atoms with van der Waals surface area (Å²) in [5.74, 6) is 1.44. The monoisotopic (exact) mass is 534 g/mol. The Kier molecular flexibility index (Phi) is 8.44. The van der Waals surface area contributed by atoms with Crippen LogP contribution in [0, 0.1) is 11.7 Å². The van der Waals surface area contributed by atoms with Crippen molar-refractivity contribution in [3.63, 3.8) is 0 Å². The molecule has 2 heterocycles. The minimum Gasteiger partial charge on any atom is -0.494 e. The Morgan fingerprint density at radius 3 is 2.82 bits per heavy atom. The van der Waals surface area contributed by atoms with Crippen molar-refractivity contribution in [3.05, 3.63) is 71.8 Å². The lowest BCUT2D eigenvalue weighted by Crippen LogP contribution is -2.50. The summed E-state index contributed by atoms with van der Waals surface area (Å²) in [6.45, 7) is 0.623. The van der Waals surface area contributed by atoms with Gasteiger partial charge in [-0.05, 0) is 54.2 Å². The largest absolute Gasteiger partial charge is 0.494 e. The molecule has 1 fully saturated rings. The van der Waals surface area contributed by atoms with Crippen LogP contribution in [-0.2, 0) is 11.2 Å². The summed E-state index contributed by atoms with van der Waals surface area (Å²) in [5, 5.41) is 6.83. The molecule has 1 N–H and O–H groups in total. The number of aromatic nitrogens is 2. The summed E-state index contributed by atoms with van der Waals surface area (Å²) in [6, 6.07) is 10.3. The van der Waals surface area contributed by atoms with Gasteiger partial charge in [0.1, 0.15) is 30.0 Å². The van der Waals surface area contributed by atoms with E-state index in [9.17, 15) is 14.0 Å². The van der Waals surface area contributed by atoms with Gasteiger partial charge in [0.25, 0.3) is 5.91 Å². The number of hydrogen-bond donors (Lipinski definition) is 1. The normalized spacial score (nSPS) is 17.7. The van der Waals surface area contributed by atoms with Crippen LogP contribution < -0.4 is 19.7 Å². The van der Waals surface area contributed by atoms with Crippen molar-refractivity contribution in [1.29, 1.82) is 0 Å². The Labute approximate surface area is 228 Å². The standard InChI is InChI=1S/C30H35FN4O4/c1-34-27-17-25(38-14-6-10-21-7-3-2-4-8-21)12-13-28(27)39-20-26(29(34)36)33-30(37)35-19-23(18-32-35)15-22-9-5-11-24(31)16-22/h5,9,11-13,16-19,21,26H,2-4,6-8,10,14-15,20H2,1H3,(H,33,37). The molecule has 0 spiro atoms. The molecule has 1 aliphatic heterocycles. The number of ether oxygens (including phenoxy) is 2. The van der Waals surface area contributed by atoms with E-state index in [1.165, 1.54) is 55.6 Å². The van der Waals surface area contributed by atoms with Gasteiger partial charge in [-0.15, -0.1) is 0 Å². The summed E-state index contributed by atoms with van der Waals surface area (Å²) in [6.07, 6.45) is 12.5. The Morgan fingerprint density at radius 1 is 1.15 bits per heavy atom. The van der Waals surface area contributed by atoms with Crippen LogP contribution in [-0.4, -0.2) is 48.0 Å². The number of amides is 2. The molecule has 5 rings (SSSR count). The van der Waals surface area contributed by atoms with Crippen LogP contribution in [0.3, 0.4) is 0 Å². The highest BCUT2D eigenvalue weighted by atomic mass is 19.1. The second-order valence-corrected chi connectivity index (χ2v) is 10.4. The van der Waals surface area contributed by atoms with Crippen molar-refractivity contribution in [3.8, 4) is 11.5 Å². The van der Waals surface area contributed by atoms with Crippen LogP contribution in [0.2, 0.25) is 0 Å². The molecule has 0 radical (unpaired) electrons. The van der Waals surface area contributed by atoms with Gasteiger partial charge in [0.2, 0.25) is 0 Å². The first kappa shape index (κ1) is 26.7. The molecule has 0 bridgehead atoms. The number of halogens is 1. The fourth-order valence-corrected chi connectivity index (χ4v) is 5.37. The van der Waals surface area contributed by atoms with Gasteiger partial charge in [-0.2, -0.15) is 9.78 Å². The molecule has 3 aromatic rings. The summed E-state index contributed by atoms with van der Waals surface area (Å²) in [5.41, 5.74) is 2.11. The summed E-state index contributed by atoms with van der Waals surface area (Å²) in [7, 11) is 1.66. The lowest BCUT2D eigenvalue weighted by Gasteiger charge is -2.22. The molecule has 1 aromatic heterocycles. The number of fused-ring (bicyclic) bond motifs is 1. The first-order valence-corrected chi connectivity index (χ1v) is 13.7. The molecule has 2 amide bonds. The number of benzene rings is 2. The minimum absolute atomic E-state index is 0.0130. The van der Waals surface area contributed by atoms with Crippen molar-refractivity contribution < 1.29 is 23.5 Å². The highest BCUT2D eigenvalue weighted by molar-refractivity contribution is 6.00. The van der Waals surface area contributed by atoms with E-state index in [1.54, 1.807) is 31.6 Å². The van der Waals surface area contributed by atoms with Crippen molar-refractivity contribution in [2.75, 3.05) is 25.2 Å². The van der Waals surface area contributed by atoms with Crippen LogP contribution in [0.15, 0.2) is 54.9 Å². The van der Waals surface area contributed by atoms with Crippen LogP contribution in [0.1, 0.15) is 56.1 Å². The van der Waals surface area contributed by atoms with Crippen LogP contribution in [0.5, 0.6) is 11.5 Å². The second-order valence-electron chi connectivity index (χ2n) is 10.4. The van der Waals surface area contributed by atoms with Crippen molar-refractivity contribution in [2.45, 2.75) is 57.4 Å². The number of carbonyl (C=O) groups is 2. The zero-order valence-electron chi connectivity index (χ0n) is 22.3. The maximum absolute atomic E-state index is 13.5. The number of rotatable bonds is 8. The van der Waals surface area contributed by atoms with E-state index in [0.717, 1.165) is 28.1 Å². The highest BCUT2D eigenvalue weighted by Crippen LogP contribution is 2.34. The fraction of sp³-hybridized carbons (Fsp3) is 0.433. The topological polar surface area (TPSA) is 85.7 Å². The number of nitrogens with one attached hydrogen (secondary N) is 1. The highest BCUT2D eigenvalue weighted by Gasteiger charge is 2.31. The maximum Gasteiger partial charge on any atom is 0.342 e. The van der Waals surface area contributed by atoms with Gasteiger partial charge in [0, 0.05) is 25.7 Å². The molecular weight excluding hydrogens is 499 g/mol. The molecule has 39 heavy (non-hydrogen) atoms. The van der Waals surface area contributed by atoms with Gasteiger partial charge in [-0.25, -0.2) is 9.18 Å². The quantitative estimate of drug-likeness (QED) is 0.395. The average molecular weight is 535 g/mol. The number of anilines is 1. The maximum atomic E-state index is 13.5. The SMILES string of the molecule is CN1C(=O)C(NC(=O)n2cc(Cc3cccc(F)c3)cn2)COc2ccc(OCCCC3CCCCC3)cc21. The van der Waals surface area contributed by atoms with Crippen molar-refractivity contribution >= 4 is 17.6 Å². The fourth-order valence-electron chi connectivity index (χ4n) is 5.37. The number of carbonyl (C=O) groups excluding carboxylic acids is 2. The summed E-state index contributed by atoms with van der Waals surface area (Å²) in [4.78, 5) is 27.6. The third-order valence-corrected chi connectivity index (χ3v) is 7.52. The Balaban J connectivity index is 1.16. The molecule has 1 aliphatic carbocycles. The van der Waals surface area contributed by atoms with Crippen LogP contribution >= 0.6 is 0 Å². The molecule has 2 aliphatic rings. The average Bonchev–Trinajstić information content (AvgIpc) is 3.38. The van der Waals surface area contributed by atoms with Crippen molar-refractivity contribution in [2.24, 2.45) is 5.92 Å². The lowest BCUT2D eigenvalue weighted by molar-refractivity contribution is -0.120. The van der Waals surface area contributed by atoms with Gasteiger partial charge in [-0.3, -0.25) is 4.79 Å². The second kappa shape index (κ2) is 12.3. The van der Waals surface area contributed by atoms with Gasteiger partial charge < -0.3 is 19.7 Å². The molecule has 8 nitrogen and oxygen atoms in total. The third-order valence-electron chi connectivity index (χ3n) is 7.52. The molecule has 206 valence electrons. The molecular formula is C30H35FN4O4. The van der Waals surface area contributed by atoms with E-state index in [1.807, 2.05) is 18.2 Å². The third kappa shape index (κ3) is 6.77. The van der Waals surface area contributed by atoms with E-state index in [0.29, 0.717) is 30.2 Å². The van der Waals surface area contributed by atoms with Gasteiger partial charge in [-0.1, -0.05) is 44.2 Å². The van der Waals surface area contributed by atoms with E-state index in [4.69, 9.17) is 9.47 Å². The smallest absolute Gasteiger partial charge is 0.342 e. The van der Waals surface area contributed by atoms with E-state index >= 15 is 0 Å². The van der Waals surface area contributed by atoms with Gasteiger partial charge in [0.05, 0.1) is 18.5 Å². The predicted molar refractivity (Wildman–Crippen MR) is 146 cm³/mol. The molecule has 2 aromatic carbocycles. The van der Waals surface area contributed by atoms with E-state index in [2.05, 4.69) is 10.4 Å². The zero-order valence-corrected chi connectivity index (χ0v) is 22.3. The molecule has 0 saturated heterocycles. The Hall–Kier alpha value is -3.88.